The third-order valence-electron chi connectivity index (χ3n) is 2.45. The van der Waals surface area contributed by atoms with Crippen molar-refractivity contribution >= 4 is 12.6 Å². The monoisotopic (exact) mass is 173 g/mol. The van der Waals surface area contributed by atoms with Gasteiger partial charge in [-0.15, -0.1) is 0 Å². The standard InChI is InChI=1S/C9H19NS/c1-2-9(11)5-8-10-6-3-4-7-10/h9,11H,2-8H2,1H3. The number of hydrogen-bond donors (Lipinski definition) is 1. The summed E-state index contributed by atoms with van der Waals surface area (Å²) < 4.78 is 0. The molecular weight excluding hydrogens is 154 g/mol. The van der Waals surface area contributed by atoms with Gasteiger partial charge in [0.1, 0.15) is 0 Å². The molecule has 11 heavy (non-hydrogen) atoms. The molecule has 0 aromatic heterocycles. The van der Waals surface area contributed by atoms with E-state index >= 15 is 0 Å². The Labute approximate surface area is 75.6 Å². The minimum absolute atomic E-state index is 0.621. The maximum atomic E-state index is 4.48. The molecule has 0 aromatic carbocycles. The van der Waals surface area contributed by atoms with Gasteiger partial charge >= 0.3 is 0 Å². The molecule has 2 heteroatoms. The smallest absolute Gasteiger partial charge is 0.00263 e. The average molecular weight is 173 g/mol. The summed E-state index contributed by atoms with van der Waals surface area (Å²) >= 11 is 4.48. The topological polar surface area (TPSA) is 3.24 Å². The van der Waals surface area contributed by atoms with Gasteiger partial charge in [0, 0.05) is 5.25 Å². The molecule has 0 N–H and O–H groups in total. The molecule has 1 aliphatic rings. The molecule has 1 aliphatic heterocycles. The van der Waals surface area contributed by atoms with Crippen LogP contribution in [0.1, 0.15) is 32.6 Å². The number of likely N-dealkylation sites (tertiary alicyclic amines) is 1. The van der Waals surface area contributed by atoms with E-state index in [0.717, 1.165) is 0 Å². The number of hydrogen-bond acceptors (Lipinski definition) is 2. The molecule has 0 radical (unpaired) electrons. The van der Waals surface area contributed by atoms with E-state index in [-0.39, 0.29) is 0 Å². The van der Waals surface area contributed by atoms with E-state index in [0.29, 0.717) is 5.25 Å². The van der Waals surface area contributed by atoms with Crippen LogP contribution < -0.4 is 0 Å². The van der Waals surface area contributed by atoms with Crippen LogP contribution in [0.4, 0.5) is 0 Å². The Morgan fingerprint density at radius 1 is 1.36 bits per heavy atom. The highest BCUT2D eigenvalue weighted by Gasteiger charge is 2.11. The van der Waals surface area contributed by atoms with E-state index in [2.05, 4.69) is 24.5 Å². The largest absolute Gasteiger partial charge is 0.303 e. The molecule has 0 aromatic rings. The van der Waals surface area contributed by atoms with E-state index in [9.17, 15) is 0 Å². The predicted molar refractivity (Wildman–Crippen MR) is 53.4 cm³/mol. The lowest BCUT2D eigenvalue weighted by Crippen LogP contribution is -2.22. The summed E-state index contributed by atoms with van der Waals surface area (Å²) in [6.45, 7) is 6.12. The molecule has 1 unspecified atom stereocenters. The predicted octanol–water partition coefficient (Wildman–Crippen LogP) is 2.18. The highest BCUT2D eigenvalue weighted by atomic mass is 32.1. The summed E-state index contributed by atoms with van der Waals surface area (Å²) in [6, 6.07) is 0. The maximum Gasteiger partial charge on any atom is 0.00263 e. The molecule has 1 fully saturated rings. The Balaban J connectivity index is 2.01. The first-order valence-electron chi connectivity index (χ1n) is 4.73. The minimum atomic E-state index is 0.621. The van der Waals surface area contributed by atoms with Gasteiger partial charge in [-0.05, 0) is 45.3 Å². The van der Waals surface area contributed by atoms with Gasteiger partial charge in [0.05, 0.1) is 0 Å². The van der Waals surface area contributed by atoms with E-state index in [4.69, 9.17) is 0 Å². The lowest BCUT2D eigenvalue weighted by atomic mass is 10.2. The highest BCUT2D eigenvalue weighted by molar-refractivity contribution is 7.80. The van der Waals surface area contributed by atoms with Crippen molar-refractivity contribution in [2.75, 3.05) is 19.6 Å². The molecule has 0 saturated carbocycles. The van der Waals surface area contributed by atoms with Crippen molar-refractivity contribution in [3.8, 4) is 0 Å². The van der Waals surface area contributed by atoms with Crippen molar-refractivity contribution in [2.24, 2.45) is 0 Å². The Morgan fingerprint density at radius 3 is 2.55 bits per heavy atom. The van der Waals surface area contributed by atoms with Gasteiger partial charge in [0.25, 0.3) is 0 Å². The first-order valence-corrected chi connectivity index (χ1v) is 5.25. The molecule has 0 amide bonds. The van der Waals surface area contributed by atoms with Crippen LogP contribution in [0.15, 0.2) is 0 Å². The van der Waals surface area contributed by atoms with Crippen LogP contribution in [0.5, 0.6) is 0 Å². The van der Waals surface area contributed by atoms with Crippen molar-refractivity contribution < 1.29 is 0 Å². The van der Waals surface area contributed by atoms with Crippen molar-refractivity contribution in [2.45, 2.75) is 37.9 Å². The second kappa shape index (κ2) is 5.04. The van der Waals surface area contributed by atoms with Crippen LogP contribution in [0.3, 0.4) is 0 Å². The van der Waals surface area contributed by atoms with E-state index in [1.165, 1.54) is 45.3 Å². The molecule has 0 bridgehead atoms. The van der Waals surface area contributed by atoms with Gasteiger partial charge in [-0.3, -0.25) is 0 Å². The SMILES string of the molecule is CCC(S)CCN1CCCC1. The molecule has 1 heterocycles. The molecule has 0 spiro atoms. The normalized spacial score (nSPS) is 22.4. The van der Waals surface area contributed by atoms with Crippen molar-refractivity contribution in [1.82, 2.24) is 4.90 Å². The number of nitrogens with zero attached hydrogens (tertiary/aromatic N) is 1. The zero-order chi connectivity index (χ0) is 8.10. The third-order valence-corrected chi connectivity index (χ3v) is 3.07. The highest BCUT2D eigenvalue weighted by Crippen LogP contribution is 2.11. The van der Waals surface area contributed by atoms with Gasteiger partial charge < -0.3 is 4.90 Å². The number of rotatable bonds is 4. The Kier molecular flexibility index (Phi) is 4.31. The van der Waals surface area contributed by atoms with Crippen LogP contribution in [-0.2, 0) is 0 Å². The maximum absolute atomic E-state index is 4.48. The molecule has 1 atom stereocenters. The lowest BCUT2D eigenvalue weighted by Gasteiger charge is -2.16. The first kappa shape index (κ1) is 9.40. The van der Waals surface area contributed by atoms with Crippen molar-refractivity contribution in [1.29, 1.82) is 0 Å². The molecule has 0 aliphatic carbocycles. The zero-order valence-corrected chi connectivity index (χ0v) is 8.32. The summed E-state index contributed by atoms with van der Waals surface area (Å²) in [5, 5.41) is 0.621. The van der Waals surface area contributed by atoms with Gasteiger partial charge in [-0.2, -0.15) is 12.6 Å². The van der Waals surface area contributed by atoms with Gasteiger partial charge in [-0.1, -0.05) is 6.92 Å². The van der Waals surface area contributed by atoms with Crippen LogP contribution in [0, 0.1) is 0 Å². The Morgan fingerprint density at radius 2 is 2.00 bits per heavy atom. The van der Waals surface area contributed by atoms with Crippen LogP contribution in [0.2, 0.25) is 0 Å². The molecular formula is C9H19NS. The van der Waals surface area contributed by atoms with Crippen molar-refractivity contribution in [3.63, 3.8) is 0 Å². The number of thiol groups is 1. The fourth-order valence-corrected chi connectivity index (χ4v) is 1.66. The summed E-state index contributed by atoms with van der Waals surface area (Å²) in [6.07, 6.45) is 5.28. The molecule has 66 valence electrons. The average Bonchev–Trinajstić information content (AvgIpc) is 2.52. The van der Waals surface area contributed by atoms with Gasteiger partial charge in [0.15, 0.2) is 0 Å². The van der Waals surface area contributed by atoms with Crippen molar-refractivity contribution in [3.05, 3.63) is 0 Å². The molecule has 1 rings (SSSR count). The zero-order valence-electron chi connectivity index (χ0n) is 7.42. The van der Waals surface area contributed by atoms with Crippen LogP contribution in [0.25, 0.3) is 0 Å². The van der Waals surface area contributed by atoms with E-state index in [1.807, 2.05) is 0 Å². The lowest BCUT2D eigenvalue weighted by molar-refractivity contribution is 0.332. The van der Waals surface area contributed by atoms with E-state index < -0.39 is 0 Å². The Bertz CT molecular complexity index is 99.7. The van der Waals surface area contributed by atoms with Gasteiger partial charge in [0.2, 0.25) is 0 Å². The summed E-state index contributed by atoms with van der Waals surface area (Å²) in [5.74, 6) is 0. The molecule has 1 nitrogen and oxygen atoms in total. The van der Waals surface area contributed by atoms with Crippen LogP contribution in [-0.4, -0.2) is 29.8 Å². The third kappa shape index (κ3) is 3.48. The fourth-order valence-electron chi connectivity index (χ4n) is 1.54. The quantitative estimate of drug-likeness (QED) is 0.638. The molecule has 1 saturated heterocycles. The summed E-state index contributed by atoms with van der Waals surface area (Å²) in [4.78, 5) is 2.55. The second-order valence-corrected chi connectivity index (χ2v) is 4.13. The fraction of sp³-hybridized carbons (Fsp3) is 1.00. The van der Waals surface area contributed by atoms with Gasteiger partial charge in [-0.25, -0.2) is 0 Å². The first-order chi connectivity index (χ1) is 5.33. The van der Waals surface area contributed by atoms with E-state index in [1.54, 1.807) is 0 Å². The summed E-state index contributed by atoms with van der Waals surface area (Å²) in [5.41, 5.74) is 0. The second-order valence-electron chi connectivity index (χ2n) is 3.40. The Hall–Kier alpha value is 0.310. The minimum Gasteiger partial charge on any atom is -0.303 e. The van der Waals surface area contributed by atoms with Crippen LogP contribution >= 0.6 is 12.6 Å². The summed E-state index contributed by atoms with van der Waals surface area (Å²) in [7, 11) is 0.